The second kappa shape index (κ2) is 5.08. The van der Waals surface area contributed by atoms with Crippen molar-refractivity contribution in [3.63, 3.8) is 0 Å². The Morgan fingerprint density at radius 1 is 1.47 bits per heavy atom. The zero-order valence-corrected chi connectivity index (χ0v) is 9.81. The lowest BCUT2D eigenvalue weighted by molar-refractivity contribution is -0.121. The van der Waals surface area contributed by atoms with Crippen molar-refractivity contribution in [2.24, 2.45) is 5.92 Å². The van der Waals surface area contributed by atoms with Gasteiger partial charge in [0.1, 0.15) is 5.78 Å². The minimum atomic E-state index is -0.161. The normalized spacial score (nSPS) is 20.1. The number of ketones is 2. The lowest BCUT2D eigenvalue weighted by Crippen LogP contribution is -2.23. The molecule has 4 heteroatoms. The molecule has 0 amide bonds. The fraction of sp³-hybridized carbons (Fsp3) is 0.462. The third-order valence-corrected chi connectivity index (χ3v) is 3.08. The van der Waals surface area contributed by atoms with Gasteiger partial charge in [-0.05, 0) is 18.9 Å². The number of rotatable bonds is 3. The van der Waals surface area contributed by atoms with Crippen LogP contribution < -0.4 is 4.74 Å². The third kappa shape index (κ3) is 2.70. The highest BCUT2D eigenvalue weighted by molar-refractivity contribution is 6.00. The van der Waals surface area contributed by atoms with E-state index >= 15 is 0 Å². The summed E-state index contributed by atoms with van der Waals surface area (Å²) >= 11 is 0. The van der Waals surface area contributed by atoms with Crippen molar-refractivity contribution in [1.29, 1.82) is 0 Å². The molecule has 1 aromatic heterocycles. The molecule has 1 aliphatic rings. The van der Waals surface area contributed by atoms with Crippen molar-refractivity contribution in [2.75, 3.05) is 7.11 Å². The zero-order valence-electron chi connectivity index (χ0n) is 9.81. The van der Waals surface area contributed by atoms with Crippen LogP contribution in [0.15, 0.2) is 18.3 Å². The van der Waals surface area contributed by atoms with Gasteiger partial charge < -0.3 is 4.74 Å². The lowest BCUT2D eigenvalue weighted by atomic mass is 9.83. The smallest absolute Gasteiger partial charge is 0.212 e. The zero-order chi connectivity index (χ0) is 12.3. The molecular formula is C13H15NO3. The maximum atomic E-state index is 12.1. The number of hydrogen-bond donors (Lipinski definition) is 0. The van der Waals surface area contributed by atoms with Crippen LogP contribution in [0, 0.1) is 5.92 Å². The molecule has 1 aromatic rings. The quantitative estimate of drug-likeness (QED) is 0.749. The Morgan fingerprint density at radius 3 is 2.88 bits per heavy atom. The van der Waals surface area contributed by atoms with Gasteiger partial charge in [0.2, 0.25) is 5.88 Å². The van der Waals surface area contributed by atoms with Gasteiger partial charge in [0.05, 0.1) is 7.11 Å². The van der Waals surface area contributed by atoms with E-state index in [0.717, 1.165) is 12.8 Å². The molecule has 1 fully saturated rings. The van der Waals surface area contributed by atoms with E-state index in [1.54, 1.807) is 12.1 Å². The van der Waals surface area contributed by atoms with Crippen LogP contribution in [0.5, 0.6) is 5.88 Å². The van der Waals surface area contributed by atoms with E-state index in [-0.39, 0.29) is 17.5 Å². The molecule has 0 N–H and O–H groups in total. The summed E-state index contributed by atoms with van der Waals surface area (Å²) in [4.78, 5) is 27.4. The van der Waals surface area contributed by atoms with Gasteiger partial charge in [-0.15, -0.1) is 0 Å². The number of pyridine rings is 1. The Morgan fingerprint density at radius 2 is 2.29 bits per heavy atom. The van der Waals surface area contributed by atoms with Crippen molar-refractivity contribution in [2.45, 2.75) is 25.7 Å². The average molecular weight is 233 g/mol. The molecule has 0 saturated heterocycles. The molecule has 17 heavy (non-hydrogen) atoms. The Kier molecular flexibility index (Phi) is 3.52. The first-order valence-corrected chi connectivity index (χ1v) is 5.76. The standard InChI is InChI=1S/C13H15NO3/c1-17-12-6-5-10(8-14-12)13(16)9-3-2-4-11(15)7-9/h5-6,8-9H,2-4,7H2,1H3. The van der Waals surface area contributed by atoms with Gasteiger partial charge in [0.15, 0.2) is 5.78 Å². The summed E-state index contributed by atoms with van der Waals surface area (Å²) in [5.74, 6) is 0.539. The third-order valence-electron chi connectivity index (χ3n) is 3.08. The molecule has 1 atom stereocenters. The highest BCUT2D eigenvalue weighted by Crippen LogP contribution is 2.25. The van der Waals surface area contributed by atoms with Crippen LogP contribution in [0.25, 0.3) is 0 Å². The molecule has 0 bridgehead atoms. The molecule has 4 nitrogen and oxygen atoms in total. The lowest BCUT2D eigenvalue weighted by Gasteiger charge is -2.19. The molecule has 0 aliphatic heterocycles. The van der Waals surface area contributed by atoms with Gasteiger partial charge in [0.25, 0.3) is 0 Å². The Bertz CT molecular complexity index is 425. The summed E-state index contributed by atoms with van der Waals surface area (Å²) in [5, 5.41) is 0. The second-order valence-corrected chi connectivity index (χ2v) is 4.29. The Balaban J connectivity index is 2.10. The summed E-state index contributed by atoms with van der Waals surface area (Å²) in [5.41, 5.74) is 0.561. The molecule has 1 aliphatic carbocycles. The molecule has 1 unspecified atom stereocenters. The van der Waals surface area contributed by atoms with E-state index < -0.39 is 0 Å². The van der Waals surface area contributed by atoms with Crippen molar-refractivity contribution >= 4 is 11.6 Å². The summed E-state index contributed by atoms with van der Waals surface area (Å²) in [6.45, 7) is 0. The number of carbonyl (C=O) groups excluding carboxylic acids is 2. The number of methoxy groups -OCH3 is 1. The highest BCUT2D eigenvalue weighted by Gasteiger charge is 2.26. The highest BCUT2D eigenvalue weighted by atomic mass is 16.5. The maximum absolute atomic E-state index is 12.1. The van der Waals surface area contributed by atoms with E-state index in [0.29, 0.717) is 24.3 Å². The molecular weight excluding hydrogens is 218 g/mol. The van der Waals surface area contributed by atoms with Gasteiger partial charge >= 0.3 is 0 Å². The summed E-state index contributed by atoms with van der Waals surface area (Å²) < 4.78 is 4.93. The molecule has 0 aromatic carbocycles. The molecule has 2 rings (SSSR count). The Labute approximate surface area is 100 Å². The topological polar surface area (TPSA) is 56.3 Å². The average Bonchev–Trinajstić information content (AvgIpc) is 2.38. The summed E-state index contributed by atoms with van der Waals surface area (Å²) in [6, 6.07) is 3.37. The van der Waals surface area contributed by atoms with E-state index in [1.807, 2.05) is 0 Å². The maximum Gasteiger partial charge on any atom is 0.212 e. The van der Waals surface area contributed by atoms with Crippen molar-refractivity contribution in [1.82, 2.24) is 4.98 Å². The number of nitrogens with zero attached hydrogens (tertiary/aromatic N) is 1. The van der Waals surface area contributed by atoms with E-state index in [4.69, 9.17) is 4.74 Å². The van der Waals surface area contributed by atoms with Crippen LogP contribution >= 0.6 is 0 Å². The van der Waals surface area contributed by atoms with Crippen LogP contribution in [0.4, 0.5) is 0 Å². The number of ether oxygens (including phenoxy) is 1. The summed E-state index contributed by atoms with van der Waals surface area (Å²) in [7, 11) is 1.53. The van der Waals surface area contributed by atoms with Crippen LogP contribution in [0.3, 0.4) is 0 Å². The van der Waals surface area contributed by atoms with Crippen molar-refractivity contribution < 1.29 is 14.3 Å². The molecule has 0 radical (unpaired) electrons. The molecule has 1 heterocycles. The molecule has 0 spiro atoms. The summed E-state index contributed by atoms with van der Waals surface area (Å²) in [6.07, 6.45) is 4.13. The van der Waals surface area contributed by atoms with Crippen LogP contribution in [-0.2, 0) is 4.79 Å². The minimum absolute atomic E-state index is 0.0215. The monoisotopic (exact) mass is 233 g/mol. The van der Waals surface area contributed by atoms with Gasteiger partial charge in [-0.1, -0.05) is 0 Å². The SMILES string of the molecule is COc1ccc(C(=O)C2CCCC(=O)C2)cn1. The largest absolute Gasteiger partial charge is 0.481 e. The fourth-order valence-electron chi connectivity index (χ4n) is 2.13. The van der Waals surface area contributed by atoms with Gasteiger partial charge in [-0.2, -0.15) is 0 Å². The Hall–Kier alpha value is -1.71. The predicted octanol–water partition coefficient (Wildman–Crippen LogP) is 2.03. The number of Topliss-reactive ketones (excluding diaryl/α,β-unsaturated/α-hetero) is 2. The predicted molar refractivity (Wildman–Crippen MR) is 62.1 cm³/mol. The molecule has 90 valence electrons. The van der Waals surface area contributed by atoms with Gasteiger partial charge in [-0.3, -0.25) is 9.59 Å². The number of aromatic nitrogens is 1. The van der Waals surface area contributed by atoms with E-state index in [2.05, 4.69) is 4.98 Å². The minimum Gasteiger partial charge on any atom is -0.481 e. The number of carbonyl (C=O) groups is 2. The first-order valence-electron chi connectivity index (χ1n) is 5.76. The molecule has 1 saturated carbocycles. The second-order valence-electron chi connectivity index (χ2n) is 4.29. The van der Waals surface area contributed by atoms with E-state index in [9.17, 15) is 9.59 Å². The van der Waals surface area contributed by atoms with Crippen LogP contribution in [0.2, 0.25) is 0 Å². The fourth-order valence-corrected chi connectivity index (χ4v) is 2.13. The first kappa shape index (κ1) is 11.8. The van der Waals surface area contributed by atoms with Crippen molar-refractivity contribution in [3.05, 3.63) is 23.9 Å². The van der Waals surface area contributed by atoms with Gasteiger partial charge in [0, 0.05) is 36.6 Å². The number of hydrogen-bond acceptors (Lipinski definition) is 4. The van der Waals surface area contributed by atoms with Gasteiger partial charge in [-0.25, -0.2) is 4.98 Å². The van der Waals surface area contributed by atoms with E-state index in [1.165, 1.54) is 13.3 Å². The van der Waals surface area contributed by atoms with Crippen LogP contribution in [0.1, 0.15) is 36.0 Å². The van der Waals surface area contributed by atoms with Crippen LogP contribution in [-0.4, -0.2) is 23.7 Å². The first-order chi connectivity index (χ1) is 8.20. The van der Waals surface area contributed by atoms with Crippen molar-refractivity contribution in [3.8, 4) is 5.88 Å².